The molecule has 0 radical (unpaired) electrons. The number of furan rings is 1. The first kappa shape index (κ1) is 16.7. The lowest BCUT2D eigenvalue weighted by Crippen LogP contribution is -2.49. The number of carbonyl (C=O) groups excluding carboxylic acids is 1. The zero-order chi connectivity index (χ0) is 17.2. The van der Waals surface area contributed by atoms with E-state index in [1.165, 1.54) is 18.4 Å². The second-order valence-electron chi connectivity index (χ2n) is 6.52. The minimum atomic E-state index is -0.640. The Morgan fingerprint density at radius 3 is 2.67 bits per heavy atom. The molecule has 1 aromatic carbocycles. The van der Waals surface area contributed by atoms with Crippen LogP contribution in [0.2, 0.25) is 0 Å². The van der Waals surface area contributed by atoms with Crippen molar-refractivity contribution in [2.45, 2.75) is 38.1 Å². The molecule has 3 rings (SSSR count). The molecule has 24 heavy (non-hydrogen) atoms. The predicted octanol–water partition coefficient (Wildman–Crippen LogP) is 3.98. The minimum absolute atomic E-state index is 0.185. The fourth-order valence-corrected chi connectivity index (χ4v) is 3.22. The highest BCUT2D eigenvalue weighted by Gasteiger charge is 2.37. The van der Waals surface area contributed by atoms with Gasteiger partial charge in [0.25, 0.3) is 5.91 Å². The number of amides is 1. The van der Waals surface area contributed by atoms with E-state index in [9.17, 15) is 9.18 Å². The molecule has 0 saturated carbocycles. The average Bonchev–Trinajstić information content (AvgIpc) is 3.06. The Morgan fingerprint density at radius 2 is 2.00 bits per heavy atom. The Hall–Kier alpha value is -2.14. The first-order valence-corrected chi connectivity index (χ1v) is 8.25. The molecule has 0 atom stereocenters. The van der Waals surface area contributed by atoms with Gasteiger partial charge in [0, 0.05) is 18.8 Å². The van der Waals surface area contributed by atoms with Crippen LogP contribution in [-0.4, -0.2) is 19.1 Å². The summed E-state index contributed by atoms with van der Waals surface area (Å²) < 4.78 is 24.6. The van der Waals surface area contributed by atoms with Crippen molar-refractivity contribution in [3.63, 3.8) is 0 Å². The van der Waals surface area contributed by atoms with Gasteiger partial charge in [-0.25, -0.2) is 4.39 Å². The molecule has 1 fully saturated rings. The van der Waals surface area contributed by atoms with Gasteiger partial charge in [0.15, 0.2) is 5.76 Å². The van der Waals surface area contributed by atoms with Crippen LogP contribution in [0.3, 0.4) is 0 Å². The van der Waals surface area contributed by atoms with Crippen molar-refractivity contribution < 1.29 is 18.3 Å². The lowest BCUT2D eigenvalue weighted by atomic mass is 9.82. The summed E-state index contributed by atoms with van der Waals surface area (Å²) in [5.74, 6) is -0.0695. The fourth-order valence-electron chi connectivity index (χ4n) is 3.22. The summed E-state index contributed by atoms with van der Waals surface area (Å²) in [4.78, 5) is 12.8. The van der Waals surface area contributed by atoms with Crippen molar-refractivity contribution in [1.82, 2.24) is 5.32 Å². The van der Waals surface area contributed by atoms with E-state index < -0.39 is 5.54 Å². The predicted molar refractivity (Wildman–Crippen MR) is 88.4 cm³/mol. The van der Waals surface area contributed by atoms with Crippen LogP contribution in [-0.2, 0) is 10.3 Å². The average molecular weight is 331 g/mol. The standard InChI is InChI=1S/C19H22FNO3/c1-13(2)16-6-9-24-17(16)18(22)21-19(7-10-23-11-8-19)14-4-3-5-15(20)12-14/h3-6,9,12-13H,7-8,10-11H2,1-2H3,(H,21,22). The van der Waals surface area contributed by atoms with Crippen molar-refractivity contribution >= 4 is 5.91 Å². The molecule has 0 unspecified atom stereocenters. The van der Waals surface area contributed by atoms with Crippen molar-refractivity contribution in [3.8, 4) is 0 Å². The summed E-state index contributed by atoms with van der Waals surface area (Å²) in [5, 5.41) is 3.09. The van der Waals surface area contributed by atoms with Gasteiger partial charge >= 0.3 is 0 Å². The van der Waals surface area contributed by atoms with Crippen LogP contribution in [0.5, 0.6) is 0 Å². The zero-order valence-corrected chi connectivity index (χ0v) is 14.0. The molecule has 1 aliphatic rings. The van der Waals surface area contributed by atoms with E-state index in [2.05, 4.69) is 5.32 Å². The third-order valence-corrected chi connectivity index (χ3v) is 4.60. The number of benzene rings is 1. The number of hydrogen-bond acceptors (Lipinski definition) is 3. The van der Waals surface area contributed by atoms with E-state index in [1.807, 2.05) is 26.0 Å². The molecule has 2 aromatic rings. The number of nitrogens with one attached hydrogen (secondary N) is 1. The fraction of sp³-hybridized carbons (Fsp3) is 0.421. The van der Waals surface area contributed by atoms with Gasteiger partial charge in [-0.05, 0) is 42.5 Å². The van der Waals surface area contributed by atoms with Gasteiger partial charge < -0.3 is 14.5 Å². The monoisotopic (exact) mass is 331 g/mol. The number of carbonyl (C=O) groups is 1. The molecular weight excluding hydrogens is 309 g/mol. The normalized spacial score (nSPS) is 17.0. The van der Waals surface area contributed by atoms with Crippen LogP contribution in [0.4, 0.5) is 4.39 Å². The number of rotatable bonds is 4. The van der Waals surface area contributed by atoms with E-state index in [-0.39, 0.29) is 17.6 Å². The first-order valence-electron chi connectivity index (χ1n) is 8.25. The molecular formula is C19H22FNO3. The van der Waals surface area contributed by atoms with Gasteiger partial charge in [0.05, 0.1) is 11.8 Å². The van der Waals surface area contributed by atoms with Crippen molar-refractivity contribution in [1.29, 1.82) is 0 Å². The van der Waals surface area contributed by atoms with Gasteiger partial charge in [0.2, 0.25) is 0 Å². The van der Waals surface area contributed by atoms with Gasteiger partial charge in [0.1, 0.15) is 5.82 Å². The second-order valence-corrected chi connectivity index (χ2v) is 6.52. The van der Waals surface area contributed by atoms with Crippen LogP contribution in [0.15, 0.2) is 41.0 Å². The van der Waals surface area contributed by atoms with Crippen LogP contribution in [0.25, 0.3) is 0 Å². The molecule has 4 nitrogen and oxygen atoms in total. The Balaban J connectivity index is 1.92. The van der Waals surface area contributed by atoms with Crippen LogP contribution < -0.4 is 5.32 Å². The molecule has 0 aliphatic carbocycles. The van der Waals surface area contributed by atoms with E-state index in [0.29, 0.717) is 31.8 Å². The summed E-state index contributed by atoms with van der Waals surface area (Å²) in [6.07, 6.45) is 2.73. The first-order chi connectivity index (χ1) is 11.5. The smallest absolute Gasteiger partial charge is 0.287 e. The lowest BCUT2D eigenvalue weighted by molar-refractivity contribution is 0.0336. The van der Waals surface area contributed by atoms with Crippen molar-refractivity contribution in [3.05, 3.63) is 59.3 Å². The Kier molecular flexibility index (Phi) is 4.71. The maximum absolute atomic E-state index is 13.7. The second kappa shape index (κ2) is 6.77. The Morgan fingerprint density at radius 1 is 1.25 bits per heavy atom. The summed E-state index contributed by atoms with van der Waals surface area (Å²) in [7, 11) is 0. The Bertz CT molecular complexity index is 717. The number of halogens is 1. The maximum Gasteiger partial charge on any atom is 0.287 e. The summed E-state index contributed by atoms with van der Waals surface area (Å²) in [6, 6.07) is 8.22. The van der Waals surface area contributed by atoms with E-state index in [0.717, 1.165) is 11.1 Å². The largest absolute Gasteiger partial charge is 0.459 e. The molecule has 0 bridgehead atoms. The highest BCUT2D eigenvalue weighted by Crippen LogP contribution is 2.33. The Labute approximate surface area is 141 Å². The van der Waals surface area contributed by atoms with Crippen LogP contribution in [0.1, 0.15) is 54.3 Å². The van der Waals surface area contributed by atoms with Crippen molar-refractivity contribution in [2.24, 2.45) is 0 Å². The third-order valence-electron chi connectivity index (χ3n) is 4.60. The topological polar surface area (TPSA) is 51.5 Å². The molecule has 1 saturated heterocycles. The highest BCUT2D eigenvalue weighted by atomic mass is 19.1. The zero-order valence-electron chi connectivity index (χ0n) is 14.0. The molecule has 2 heterocycles. The van der Waals surface area contributed by atoms with Gasteiger partial charge in [-0.15, -0.1) is 0 Å². The number of hydrogen-bond donors (Lipinski definition) is 1. The molecule has 128 valence electrons. The molecule has 1 N–H and O–H groups in total. The summed E-state index contributed by atoms with van der Waals surface area (Å²) >= 11 is 0. The third kappa shape index (κ3) is 3.22. The summed E-state index contributed by atoms with van der Waals surface area (Å²) in [6.45, 7) is 5.06. The van der Waals surface area contributed by atoms with Gasteiger partial charge in [-0.2, -0.15) is 0 Å². The van der Waals surface area contributed by atoms with E-state index in [4.69, 9.17) is 9.15 Å². The van der Waals surface area contributed by atoms with Crippen LogP contribution >= 0.6 is 0 Å². The minimum Gasteiger partial charge on any atom is -0.459 e. The molecule has 0 spiro atoms. The quantitative estimate of drug-likeness (QED) is 0.922. The van der Waals surface area contributed by atoms with Gasteiger partial charge in [-0.3, -0.25) is 4.79 Å². The molecule has 1 aromatic heterocycles. The number of ether oxygens (including phenoxy) is 1. The molecule has 5 heteroatoms. The SMILES string of the molecule is CC(C)c1ccoc1C(=O)NC1(c2cccc(F)c2)CCOCC1. The molecule has 1 aliphatic heterocycles. The van der Waals surface area contributed by atoms with Crippen molar-refractivity contribution in [2.75, 3.05) is 13.2 Å². The summed E-state index contributed by atoms with van der Waals surface area (Å²) in [5.41, 5.74) is 0.990. The highest BCUT2D eigenvalue weighted by molar-refractivity contribution is 5.93. The van der Waals surface area contributed by atoms with Gasteiger partial charge in [-0.1, -0.05) is 26.0 Å². The van der Waals surface area contributed by atoms with E-state index in [1.54, 1.807) is 6.07 Å². The van der Waals surface area contributed by atoms with E-state index >= 15 is 0 Å². The molecule has 1 amide bonds. The lowest BCUT2D eigenvalue weighted by Gasteiger charge is -2.38. The maximum atomic E-state index is 13.7. The van der Waals surface area contributed by atoms with Crippen LogP contribution in [0, 0.1) is 5.82 Å².